The zero-order valence-corrected chi connectivity index (χ0v) is 16.9. The van der Waals surface area contributed by atoms with E-state index in [0.29, 0.717) is 29.1 Å². The fourth-order valence-corrected chi connectivity index (χ4v) is 4.59. The Morgan fingerprint density at radius 1 is 1.40 bits per heavy atom. The van der Waals surface area contributed by atoms with E-state index in [1.807, 2.05) is 6.07 Å². The normalized spacial score (nSPS) is 22.6. The summed E-state index contributed by atoms with van der Waals surface area (Å²) in [6.07, 6.45) is 1.17. The molecule has 4 rings (SSSR count). The molecule has 0 aromatic heterocycles. The first-order chi connectivity index (χ1) is 14.4. The molecule has 1 spiro atoms. The molecule has 1 aromatic rings. The molecular formula is C21H18ClN3O5. The van der Waals surface area contributed by atoms with Crippen LogP contribution in [0.1, 0.15) is 31.7 Å². The largest absolute Gasteiger partial charge is 0.465 e. The lowest BCUT2D eigenvalue weighted by Crippen LogP contribution is -2.50. The molecule has 8 nitrogen and oxygen atoms in total. The number of allylic oxidation sites excluding steroid dienone is 1. The lowest BCUT2D eigenvalue weighted by atomic mass is 9.65. The Hall–Kier alpha value is -3.31. The smallest absolute Gasteiger partial charge is 0.326 e. The van der Waals surface area contributed by atoms with E-state index in [4.69, 9.17) is 26.8 Å². The number of hydrogen-bond donors (Lipinski definition) is 1. The molecule has 2 aliphatic heterocycles. The summed E-state index contributed by atoms with van der Waals surface area (Å²) in [6, 6.07) is 6.65. The predicted molar refractivity (Wildman–Crippen MR) is 106 cm³/mol. The van der Waals surface area contributed by atoms with E-state index in [-0.39, 0.29) is 48.1 Å². The third-order valence-corrected chi connectivity index (χ3v) is 5.75. The average molecular weight is 428 g/mol. The highest BCUT2D eigenvalue weighted by Gasteiger charge is 2.62. The maximum Gasteiger partial charge on any atom is 0.326 e. The van der Waals surface area contributed by atoms with Crippen molar-refractivity contribution < 1.29 is 23.9 Å². The molecule has 9 heteroatoms. The van der Waals surface area contributed by atoms with Gasteiger partial charge in [0.2, 0.25) is 11.8 Å². The van der Waals surface area contributed by atoms with Crippen LogP contribution >= 0.6 is 11.6 Å². The standard InChI is InChI=1S/C21H18ClN3O5/c1-2-29-17(27)10-25-14-7-6-11(22)8-12(14)21(20(25)28)13(9-23)19(24)30-16-5-3-4-15(26)18(16)21/h6-8H,2-5,10,24H2,1H3. The molecule has 0 fully saturated rings. The fraction of sp³-hybridized carbons (Fsp3) is 0.333. The Bertz CT molecular complexity index is 1100. The van der Waals surface area contributed by atoms with Gasteiger partial charge in [-0.2, -0.15) is 5.26 Å². The van der Waals surface area contributed by atoms with E-state index >= 15 is 0 Å². The SMILES string of the molecule is CCOC(=O)CN1C(=O)C2(C(C#N)=C(N)OC3=C2C(=O)CCC3)c2cc(Cl)ccc21. The number of halogens is 1. The van der Waals surface area contributed by atoms with E-state index in [1.54, 1.807) is 19.1 Å². The van der Waals surface area contributed by atoms with Gasteiger partial charge in [-0.3, -0.25) is 19.3 Å². The first-order valence-electron chi connectivity index (χ1n) is 9.48. The minimum Gasteiger partial charge on any atom is -0.465 e. The van der Waals surface area contributed by atoms with Gasteiger partial charge in [0.25, 0.3) is 0 Å². The number of Topliss-reactive ketones (excluding diaryl/α,β-unsaturated/α-hetero) is 1. The first kappa shape index (κ1) is 20.0. The quantitative estimate of drug-likeness (QED) is 0.733. The number of ether oxygens (including phenoxy) is 2. The molecular weight excluding hydrogens is 410 g/mol. The van der Waals surface area contributed by atoms with Gasteiger partial charge in [0, 0.05) is 29.1 Å². The van der Waals surface area contributed by atoms with Gasteiger partial charge in [0.15, 0.2) is 5.78 Å². The second-order valence-corrected chi connectivity index (χ2v) is 7.57. The highest BCUT2D eigenvalue weighted by atomic mass is 35.5. The highest BCUT2D eigenvalue weighted by molar-refractivity contribution is 6.31. The third-order valence-electron chi connectivity index (χ3n) is 5.52. The highest BCUT2D eigenvalue weighted by Crippen LogP contribution is 2.56. The van der Waals surface area contributed by atoms with E-state index in [0.717, 1.165) is 0 Å². The van der Waals surface area contributed by atoms with Crippen molar-refractivity contribution >= 4 is 34.9 Å². The molecule has 0 bridgehead atoms. The molecule has 0 saturated heterocycles. The molecule has 2 heterocycles. The van der Waals surface area contributed by atoms with Gasteiger partial charge in [-0.15, -0.1) is 0 Å². The van der Waals surface area contributed by atoms with Gasteiger partial charge >= 0.3 is 5.97 Å². The van der Waals surface area contributed by atoms with Gasteiger partial charge in [0.05, 0.1) is 12.2 Å². The zero-order chi connectivity index (χ0) is 21.6. The minimum atomic E-state index is -1.79. The van der Waals surface area contributed by atoms with Gasteiger partial charge in [-0.1, -0.05) is 11.6 Å². The molecule has 2 N–H and O–H groups in total. The number of nitriles is 1. The molecule has 0 radical (unpaired) electrons. The summed E-state index contributed by atoms with van der Waals surface area (Å²) in [5, 5.41) is 10.2. The van der Waals surface area contributed by atoms with Gasteiger partial charge < -0.3 is 15.2 Å². The summed E-state index contributed by atoms with van der Waals surface area (Å²) in [4.78, 5) is 40.3. The summed E-state index contributed by atoms with van der Waals surface area (Å²) >= 11 is 6.23. The Morgan fingerprint density at radius 3 is 2.87 bits per heavy atom. The Labute approximate surface area is 177 Å². The molecule has 1 aliphatic carbocycles. The number of benzene rings is 1. The van der Waals surface area contributed by atoms with E-state index in [1.165, 1.54) is 11.0 Å². The Morgan fingerprint density at radius 2 is 2.17 bits per heavy atom. The van der Waals surface area contributed by atoms with Crippen LogP contribution in [-0.2, 0) is 29.3 Å². The predicted octanol–water partition coefficient (Wildman–Crippen LogP) is 2.22. The molecule has 3 aliphatic rings. The number of esters is 1. The van der Waals surface area contributed by atoms with Crippen molar-refractivity contribution in [2.24, 2.45) is 5.73 Å². The fourth-order valence-electron chi connectivity index (χ4n) is 4.41. The molecule has 1 atom stereocenters. The third kappa shape index (κ3) is 2.62. The number of fused-ring (bicyclic) bond motifs is 3. The van der Waals surface area contributed by atoms with Crippen LogP contribution in [0.15, 0.2) is 41.0 Å². The number of ketones is 1. The number of amides is 1. The molecule has 30 heavy (non-hydrogen) atoms. The lowest BCUT2D eigenvalue weighted by molar-refractivity contribution is -0.142. The average Bonchev–Trinajstić information content (AvgIpc) is 2.91. The van der Waals surface area contributed by atoms with Crippen LogP contribution in [0.2, 0.25) is 5.02 Å². The van der Waals surface area contributed by atoms with Crippen LogP contribution in [0.4, 0.5) is 5.69 Å². The summed E-state index contributed by atoms with van der Waals surface area (Å²) in [6.45, 7) is 1.43. The van der Waals surface area contributed by atoms with Crippen LogP contribution in [0.5, 0.6) is 0 Å². The molecule has 0 saturated carbocycles. The monoisotopic (exact) mass is 427 g/mol. The zero-order valence-electron chi connectivity index (χ0n) is 16.2. The Kier molecular flexibility index (Phi) is 4.79. The van der Waals surface area contributed by atoms with Crippen molar-refractivity contribution in [1.29, 1.82) is 5.26 Å². The maximum absolute atomic E-state index is 13.9. The number of carbonyl (C=O) groups excluding carboxylic acids is 3. The second-order valence-electron chi connectivity index (χ2n) is 7.14. The summed E-state index contributed by atoms with van der Waals surface area (Å²) in [5.41, 5.74) is 4.85. The Balaban J connectivity index is 2.03. The topological polar surface area (TPSA) is 123 Å². The van der Waals surface area contributed by atoms with Gasteiger partial charge in [0.1, 0.15) is 29.4 Å². The number of nitrogens with two attached hydrogens (primary N) is 1. The second kappa shape index (κ2) is 7.18. The summed E-state index contributed by atoms with van der Waals surface area (Å²) < 4.78 is 10.6. The number of rotatable bonds is 3. The van der Waals surface area contributed by atoms with Crippen LogP contribution in [0, 0.1) is 11.3 Å². The molecule has 1 aromatic carbocycles. The summed E-state index contributed by atoms with van der Waals surface area (Å²) in [5.74, 6) is -1.49. The first-order valence-corrected chi connectivity index (χ1v) is 9.86. The van der Waals surface area contributed by atoms with Crippen LogP contribution < -0.4 is 10.6 Å². The van der Waals surface area contributed by atoms with Crippen LogP contribution in [0.3, 0.4) is 0 Å². The summed E-state index contributed by atoms with van der Waals surface area (Å²) in [7, 11) is 0. The molecule has 1 unspecified atom stereocenters. The van der Waals surface area contributed by atoms with Crippen molar-refractivity contribution in [3.8, 4) is 6.07 Å². The van der Waals surface area contributed by atoms with Crippen LogP contribution in [-0.4, -0.2) is 30.8 Å². The van der Waals surface area contributed by atoms with Crippen molar-refractivity contribution in [3.05, 3.63) is 51.6 Å². The number of carbonyl (C=O) groups is 3. The number of hydrogen-bond acceptors (Lipinski definition) is 7. The van der Waals surface area contributed by atoms with Crippen molar-refractivity contribution in [2.75, 3.05) is 18.1 Å². The minimum absolute atomic E-state index is 0.0966. The number of nitrogens with zero attached hydrogens (tertiary/aromatic N) is 2. The van der Waals surface area contributed by atoms with E-state index < -0.39 is 17.3 Å². The van der Waals surface area contributed by atoms with E-state index in [2.05, 4.69) is 0 Å². The molecule has 154 valence electrons. The van der Waals surface area contributed by atoms with Crippen molar-refractivity contribution in [2.45, 2.75) is 31.6 Å². The van der Waals surface area contributed by atoms with Crippen LogP contribution in [0.25, 0.3) is 0 Å². The lowest BCUT2D eigenvalue weighted by Gasteiger charge is -2.37. The van der Waals surface area contributed by atoms with Gasteiger partial charge in [-0.25, -0.2) is 0 Å². The maximum atomic E-state index is 13.9. The molecule has 1 amide bonds. The van der Waals surface area contributed by atoms with Crippen molar-refractivity contribution in [3.63, 3.8) is 0 Å². The van der Waals surface area contributed by atoms with Crippen molar-refractivity contribution in [1.82, 2.24) is 0 Å². The number of anilines is 1. The van der Waals surface area contributed by atoms with Gasteiger partial charge in [-0.05, 0) is 31.5 Å². The van der Waals surface area contributed by atoms with E-state index in [9.17, 15) is 19.6 Å².